The van der Waals surface area contributed by atoms with Gasteiger partial charge in [0.05, 0.1) is 24.0 Å². The molecule has 3 aromatic rings. The number of fused-ring (bicyclic) bond motifs is 2. The minimum atomic E-state index is -2.93. The van der Waals surface area contributed by atoms with E-state index in [0.29, 0.717) is 25.9 Å². The number of nitrogens with one attached hydrogen (secondary N) is 1. The van der Waals surface area contributed by atoms with Crippen molar-refractivity contribution >= 4 is 21.5 Å². The van der Waals surface area contributed by atoms with Gasteiger partial charge < -0.3 is 24.6 Å². The Hall–Kier alpha value is -3.72. The van der Waals surface area contributed by atoms with Gasteiger partial charge in [0.15, 0.2) is 9.84 Å². The van der Waals surface area contributed by atoms with Crippen molar-refractivity contribution in [2.75, 3.05) is 23.4 Å². The minimum Gasteiger partial charge on any atom is -0.490 e. The molecule has 0 aromatic heterocycles. The maximum Gasteiger partial charge on any atom is 0.307 e. The highest BCUT2D eigenvalue weighted by Crippen LogP contribution is 2.45. The summed E-state index contributed by atoms with van der Waals surface area (Å²) in [6, 6.07) is 16.1. The predicted octanol–water partition coefficient (Wildman–Crippen LogP) is 5.25. The summed E-state index contributed by atoms with van der Waals surface area (Å²) in [4.78, 5) is 11.1. The van der Waals surface area contributed by atoms with Crippen molar-refractivity contribution in [2.24, 2.45) is 0 Å². The molecular weight excluding hydrogens is 530 g/mol. The predicted molar refractivity (Wildman–Crippen MR) is 152 cm³/mol. The molecule has 8 nitrogen and oxygen atoms in total. The molecule has 2 atom stereocenters. The summed E-state index contributed by atoms with van der Waals surface area (Å²) in [5.41, 5.74) is 7.31. The maximum atomic E-state index is 11.8. The van der Waals surface area contributed by atoms with Gasteiger partial charge in [-0.3, -0.25) is 4.79 Å². The van der Waals surface area contributed by atoms with Crippen LogP contribution in [0.3, 0.4) is 0 Å². The number of hydrogen-bond acceptors (Lipinski definition) is 7. The maximum absolute atomic E-state index is 11.8. The first-order valence-electron chi connectivity index (χ1n) is 13.7. The van der Waals surface area contributed by atoms with Crippen LogP contribution in [0.4, 0.5) is 5.69 Å². The SMILES string of the molecule is Cc1cc(OC2CCS(=O)(=O)CC2)cc(C)c1-c1cccc2c1OC[C@H]2Nc1ccc2c(c1)C[C@H](CC(=O)O)O2. The highest BCUT2D eigenvalue weighted by molar-refractivity contribution is 7.91. The Balaban J connectivity index is 1.20. The van der Waals surface area contributed by atoms with Crippen molar-refractivity contribution < 1.29 is 32.5 Å². The van der Waals surface area contributed by atoms with Gasteiger partial charge in [0.2, 0.25) is 0 Å². The first kappa shape index (κ1) is 26.5. The van der Waals surface area contributed by atoms with Gasteiger partial charge in [-0.05, 0) is 79.3 Å². The lowest BCUT2D eigenvalue weighted by Crippen LogP contribution is -2.30. The summed E-state index contributed by atoms with van der Waals surface area (Å²) in [7, 11) is -2.93. The average Bonchev–Trinajstić information content (AvgIpc) is 3.48. The first-order valence-corrected chi connectivity index (χ1v) is 15.5. The lowest BCUT2D eigenvalue weighted by atomic mass is 9.92. The number of carboxylic acids is 1. The van der Waals surface area contributed by atoms with Crippen LogP contribution in [-0.4, -0.2) is 49.8 Å². The molecule has 0 amide bonds. The van der Waals surface area contributed by atoms with Crippen molar-refractivity contribution in [3.8, 4) is 28.4 Å². The van der Waals surface area contributed by atoms with Gasteiger partial charge in [0.1, 0.15) is 36.1 Å². The number of anilines is 1. The number of aryl methyl sites for hydroxylation is 2. The summed E-state index contributed by atoms with van der Waals surface area (Å²) in [6.07, 6.45) is 1.20. The standard InChI is InChI=1S/C31H33NO7S/c1-18-12-23(38-22-8-10-40(35,36)11-9-22)13-19(2)30(18)26-5-3-4-25-27(17-37-31(25)26)32-21-6-7-28-20(14-21)15-24(39-28)16-29(33)34/h3-7,12-14,22,24,27,32H,8-11,15-17H2,1-2H3,(H,33,34)/t24-,27-/m1/s1. The molecule has 210 valence electrons. The number of benzene rings is 3. The lowest BCUT2D eigenvalue weighted by molar-refractivity contribution is -0.138. The molecule has 0 unspecified atom stereocenters. The zero-order valence-corrected chi connectivity index (χ0v) is 23.4. The van der Waals surface area contributed by atoms with Gasteiger partial charge in [-0.25, -0.2) is 8.42 Å². The van der Waals surface area contributed by atoms with E-state index < -0.39 is 15.8 Å². The molecular formula is C31H33NO7S. The third-order valence-electron chi connectivity index (χ3n) is 7.94. The summed E-state index contributed by atoms with van der Waals surface area (Å²) in [6.45, 7) is 4.62. The molecule has 0 radical (unpaired) electrons. The molecule has 0 bridgehead atoms. The number of aliphatic carboxylic acids is 1. The fourth-order valence-corrected chi connectivity index (χ4v) is 7.53. The molecule has 9 heteroatoms. The number of carbonyl (C=O) groups is 1. The van der Waals surface area contributed by atoms with Crippen LogP contribution < -0.4 is 19.5 Å². The third-order valence-corrected chi connectivity index (χ3v) is 9.66. The van der Waals surface area contributed by atoms with E-state index in [0.717, 1.165) is 56.3 Å². The van der Waals surface area contributed by atoms with Crippen LogP contribution in [0.1, 0.15) is 47.6 Å². The minimum absolute atomic E-state index is 0.0130. The van der Waals surface area contributed by atoms with Crippen LogP contribution in [0.15, 0.2) is 48.5 Å². The molecule has 0 spiro atoms. The molecule has 40 heavy (non-hydrogen) atoms. The fourth-order valence-electron chi connectivity index (χ4n) is 6.08. The Morgan fingerprint density at radius 1 is 1.07 bits per heavy atom. The number of para-hydroxylation sites is 1. The normalized spacial score (nSPS) is 21.1. The van der Waals surface area contributed by atoms with E-state index in [1.165, 1.54) is 0 Å². The van der Waals surface area contributed by atoms with Crippen molar-refractivity contribution in [3.05, 3.63) is 70.8 Å². The second-order valence-electron chi connectivity index (χ2n) is 11.0. The van der Waals surface area contributed by atoms with E-state index >= 15 is 0 Å². The Bertz CT molecular complexity index is 1550. The quantitative estimate of drug-likeness (QED) is 0.401. The van der Waals surface area contributed by atoms with Gasteiger partial charge in [-0.1, -0.05) is 18.2 Å². The lowest BCUT2D eigenvalue weighted by Gasteiger charge is -2.24. The van der Waals surface area contributed by atoms with E-state index in [2.05, 4.69) is 37.4 Å². The summed E-state index contributed by atoms with van der Waals surface area (Å²) in [5, 5.41) is 12.7. The second kappa shape index (κ2) is 10.4. The summed E-state index contributed by atoms with van der Waals surface area (Å²) in [5.74, 6) is 1.88. The highest BCUT2D eigenvalue weighted by atomic mass is 32.2. The molecule has 3 heterocycles. The molecule has 0 saturated carbocycles. The van der Waals surface area contributed by atoms with Crippen molar-refractivity contribution in [2.45, 2.75) is 57.8 Å². The molecule has 3 aromatic carbocycles. The Morgan fingerprint density at radius 3 is 2.55 bits per heavy atom. The van der Waals surface area contributed by atoms with Gasteiger partial charge in [0, 0.05) is 23.2 Å². The highest BCUT2D eigenvalue weighted by Gasteiger charge is 2.30. The summed E-state index contributed by atoms with van der Waals surface area (Å²) >= 11 is 0. The second-order valence-corrected chi connectivity index (χ2v) is 13.3. The smallest absolute Gasteiger partial charge is 0.307 e. The topological polar surface area (TPSA) is 111 Å². The van der Waals surface area contributed by atoms with Gasteiger partial charge >= 0.3 is 5.97 Å². The Kier molecular flexibility index (Phi) is 6.86. The molecule has 3 aliphatic heterocycles. The first-order chi connectivity index (χ1) is 19.1. The molecule has 0 aliphatic carbocycles. The molecule has 1 fully saturated rings. The average molecular weight is 564 g/mol. The van der Waals surface area contributed by atoms with Crippen LogP contribution in [0.2, 0.25) is 0 Å². The van der Waals surface area contributed by atoms with E-state index in [4.69, 9.17) is 19.3 Å². The van der Waals surface area contributed by atoms with Crippen molar-refractivity contribution in [1.29, 1.82) is 0 Å². The van der Waals surface area contributed by atoms with E-state index in [-0.39, 0.29) is 36.2 Å². The summed E-state index contributed by atoms with van der Waals surface area (Å²) < 4.78 is 41.8. The number of hydrogen-bond donors (Lipinski definition) is 2. The van der Waals surface area contributed by atoms with Crippen molar-refractivity contribution in [3.63, 3.8) is 0 Å². The van der Waals surface area contributed by atoms with Crippen molar-refractivity contribution in [1.82, 2.24) is 0 Å². The molecule has 2 N–H and O–H groups in total. The largest absolute Gasteiger partial charge is 0.490 e. The molecule has 6 rings (SSSR count). The number of carboxylic acid groups (broad SMARTS) is 1. The fraction of sp³-hybridized carbons (Fsp3) is 0.387. The zero-order chi connectivity index (χ0) is 28.0. The van der Waals surface area contributed by atoms with Gasteiger partial charge in [-0.2, -0.15) is 0 Å². The number of ether oxygens (including phenoxy) is 3. The van der Waals surface area contributed by atoms with E-state index in [1.54, 1.807) is 0 Å². The number of sulfone groups is 1. The molecule has 1 saturated heterocycles. The Labute approximate surface area is 234 Å². The molecule has 3 aliphatic rings. The monoisotopic (exact) mass is 563 g/mol. The van der Waals surface area contributed by atoms with E-state index in [9.17, 15) is 13.2 Å². The number of rotatable bonds is 7. The zero-order valence-electron chi connectivity index (χ0n) is 22.6. The van der Waals surface area contributed by atoms with Gasteiger partial charge in [-0.15, -0.1) is 0 Å². The van der Waals surface area contributed by atoms with Crippen LogP contribution >= 0.6 is 0 Å². The Morgan fingerprint density at radius 2 is 1.82 bits per heavy atom. The van der Waals surface area contributed by atoms with Gasteiger partial charge in [0.25, 0.3) is 0 Å². The van der Waals surface area contributed by atoms with E-state index in [1.807, 2.05) is 30.3 Å². The third kappa shape index (κ3) is 5.35. The van der Waals surface area contributed by atoms with Crippen LogP contribution in [0, 0.1) is 13.8 Å². The van der Waals surface area contributed by atoms with Crippen LogP contribution in [0.25, 0.3) is 11.1 Å². The van der Waals surface area contributed by atoms with Crippen LogP contribution in [0.5, 0.6) is 17.2 Å². The van der Waals surface area contributed by atoms with Crippen LogP contribution in [-0.2, 0) is 21.1 Å².